The summed E-state index contributed by atoms with van der Waals surface area (Å²) in [6, 6.07) is 4.80. The molecule has 7 heteroatoms. The third kappa shape index (κ3) is 3.60. The van der Waals surface area contributed by atoms with Gasteiger partial charge in [0.2, 0.25) is 0 Å². The van der Waals surface area contributed by atoms with Gasteiger partial charge in [-0.15, -0.1) is 0 Å². The predicted octanol–water partition coefficient (Wildman–Crippen LogP) is 4.19. The van der Waals surface area contributed by atoms with Crippen molar-refractivity contribution in [3.05, 3.63) is 29.9 Å². The topological polar surface area (TPSA) is 113 Å². The van der Waals surface area contributed by atoms with Crippen molar-refractivity contribution >= 4 is 11.1 Å². The minimum absolute atomic E-state index is 0.0931. The van der Waals surface area contributed by atoms with Gasteiger partial charge in [-0.2, -0.15) is 0 Å². The van der Waals surface area contributed by atoms with Gasteiger partial charge in [-0.3, -0.25) is 0 Å². The highest BCUT2D eigenvalue weighted by Gasteiger charge is 2.66. The summed E-state index contributed by atoms with van der Waals surface area (Å²) in [5.74, 6) is 1.38. The number of aromatic nitrogens is 1. The van der Waals surface area contributed by atoms with Gasteiger partial charge in [0.1, 0.15) is 5.52 Å². The maximum Gasteiger partial charge on any atom is 0.195 e. The number of para-hydroxylation sites is 1. The maximum absolute atomic E-state index is 14.0. The molecule has 0 aliphatic heterocycles. The summed E-state index contributed by atoms with van der Waals surface area (Å²) in [7, 11) is 0. The van der Waals surface area contributed by atoms with E-state index in [0.717, 1.165) is 25.7 Å². The molecule has 0 amide bonds. The van der Waals surface area contributed by atoms with Crippen molar-refractivity contribution < 1.29 is 24.1 Å². The molecule has 198 valence electrons. The number of hydrogen-bond donors (Lipinski definition) is 4. The van der Waals surface area contributed by atoms with E-state index < -0.39 is 17.7 Å². The van der Waals surface area contributed by atoms with E-state index in [0.29, 0.717) is 55.3 Å². The van der Waals surface area contributed by atoms with Crippen molar-refractivity contribution in [2.45, 2.75) is 95.5 Å². The number of rotatable bonds is 4. The van der Waals surface area contributed by atoms with Crippen LogP contribution in [-0.2, 0) is 6.42 Å². The first kappa shape index (κ1) is 24.8. The smallest absolute Gasteiger partial charge is 0.195 e. The Hall–Kier alpha value is -1.54. The first-order chi connectivity index (χ1) is 17.1. The van der Waals surface area contributed by atoms with Gasteiger partial charge in [0, 0.05) is 12.0 Å². The lowest BCUT2D eigenvalue weighted by Gasteiger charge is -2.63. The monoisotopic (exact) mass is 500 g/mol. The molecule has 6 nitrogen and oxygen atoms in total. The van der Waals surface area contributed by atoms with Crippen LogP contribution in [0.25, 0.3) is 11.1 Å². The number of nitrogens with two attached hydrogens (primary N) is 1. The summed E-state index contributed by atoms with van der Waals surface area (Å²) in [5.41, 5.74) is 7.20. The van der Waals surface area contributed by atoms with Crippen LogP contribution in [0.2, 0.25) is 0 Å². The van der Waals surface area contributed by atoms with Crippen LogP contribution in [-0.4, -0.2) is 44.2 Å². The lowest BCUT2D eigenvalue weighted by Crippen LogP contribution is -2.69. The van der Waals surface area contributed by atoms with Gasteiger partial charge in [-0.05, 0) is 104 Å². The summed E-state index contributed by atoms with van der Waals surface area (Å²) in [5, 5.41) is 33.3. The molecule has 11 atom stereocenters. The highest BCUT2D eigenvalue weighted by Crippen LogP contribution is 2.66. The van der Waals surface area contributed by atoms with Crippen LogP contribution in [0.4, 0.5) is 4.39 Å². The zero-order valence-electron chi connectivity index (χ0n) is 21.4. The number of oxazole rings is 1. The molecule has 1 aromatic heterocycles. The number of aliphatic hydroxyl groups is 3. The molecule has 0 radical (unpaired) electrons. The molecule has 4 saturated carbocycles. The Balaban J connectivity index is 1.21. The number of hydrogen-bond acceptors (Lipinski definition) is 6. The van der Waals surface area contributed by atoms with Gasteiger partial charge in [-0.1, -0.05) is 19.9 Å². The summed E-state index contributed by atoms with van der Waals surface area (Å²) >= 11 is 0. The van der Waals surface area contributed by atoms with Crippen LogP contribution >= 0.6 is 0 Å². The van der Waals surface area contributed by atoms with E-state index >= 15 is 0 Å². The second-order valence-electron chi connectivity index (χ2n) is 12.8. The average molecular weight is 501 g/mol. The van der Waals surface area contributed by atoms with Gasteiger partial charge < -0.3 is 25.5 Å². The number of benzene rings is 1. The fourth-order valence-electron chi connectivity index (χ4n) is 9.46. The van der Waals surface area contributed by atoms with E-state index in [1.54, 1.807) is 12.1 Å². The first-order valence-electron chi connectivity index (χ1n) is 14.0. The van der Waals surface area contributed by atoms with Crippen molar-refractivity contribution in [2.75, 3.05) is 0 Å². The molecule has 0 bridgehead atoms. The first-order valence-corrected chi connectivity index (χ1v) is 14.0. The normalized spacial score (nSPS) is 45.2. The fraction of sp³-hybridized carbons (Fsp3) is 0.759. The second kappa shape index (κ2) is 8.75. The summed E-state index contributed by atoms with van der Waals surface area (Å²) in [6.07, 6.45) is 5.72. The molecular formula is C29H41FN2O4. The number of nitrogens with zero attached hydrogens (tertiary/aromatic N) is 1. The second-order valence-corrected chi connectivity index (χ2v) is 12.8. The zero-order chi connectivity index (χ0) is 25.4. The molecule has 0 saturated heterocycles. The Morgan fingerprint density at radius 3 is 2.72 bits per heavy atom. The van der Waals surface area contributed by atoms with Crippen molar-refractivity contribution in [1.82, 2.24) is 4.98 Å². The number of aliphatic hydroxyl groups excluding tert-OH is 3. The minimum atomic E-state index is -0.463. The van der Waals surface area contributed by atoms with E-state index in [-0.39, 0.29) is 46.6 Å². The fourth-order valence-corrected chi connectivity index (χ4v) is 9.46. The molecule has 2 aromatic rings. The largest absolute Gasteiger partial charge is 0.438 e. The predicted molar refractivity (Wildman–Crippen MR) is 134 cm³/mol. The van der Waals surface area contributed by atoms with Crippen molar-refractivity contribution in [3.63, 3.8) is 0 Å². The molecule has 4 fully saturated rings. The summed E-state index contributed by atoms with van der Waals surface area (Å²) in [4.78, 5) is 4.48. The van der Waals surface area contributed by atoms with Crippen LogP contribution < -0.4 is 5.73 Å². The number of fused-ring (bicyclic) bond motifs is 6. The van der Waals surface area contributed by atoms with Gasteiger partial charge in [0.05, 0.1) is 18.3 Å². The van der Waals surface area contributed by atoms with E-state index in [2.05, 4.69) is 18.8 Å². The SMILES string of the molecule is CC(CCc1nc2cccc(F)c2o1)[C@H]1CC[C@H]2[C@@H]3[C@H](O)C[C@@H]4C[C@H](O)CC[C@]4(N)[C@H]3C[C@H](O)[C@]12C. The Kier molecular flexibility index (Phi) is 6.03. The molecule has 1 aromatic carbocycles. The van der Waals surface area contributed by atoms with Crippen molar-refractivity contribution in [1.29, 1.82) is 0 Å². The third-order valence-electron chi connectivity index (χ3n) is 11.3. The van der Waals surface area contributed by atoms with Gasteiger partial charge in [0.15, 0.2) is 17.3 Å². The highest BCUT2D eigenvalue weighted by molar-refractivity contribution is 5.72. The molecular weight excluding hydrogens is 459 g/mol. The molecule has 4 aliphatic carbocycles. The van der Waals surface area contributed by atoms with E-state index in [1.807, 2.05) is 0 Å². The molecule has 1 heterocycles. The van der Waals surface area contributed by atoms with Gasteiger partial charge >= 0.3 is 0 Å². The van der Waals surface area contributed by atoms with Crippen LogP contribution in [0, 0.1) is 46.7 Å². The standard InChI is InChI=1S/C29H41FN2O4/c1-15(6-9-25-32-22-5-3-4-21(30)27(22)36-25)18-7-8-19-26-20(14-24(35)28(18,19)2)29(31)11-10-17(33)12-16(29)13-23(26)34/h3-5,15-20,23-24,26,33-35H,6-14,31H2,1-2H3/t15?,16-,17+,18+,19-,20-,23+,24-,26-,28+,29+/m0/s1. The van der Waals surface area contributed by atoms with Gasteiger partial charge in [-0.25, -0.2) is 9.37 Å². The van der Waals surface area contributed by atoms with Crippen LogP contribution in [0.1, 0.15) is 71.1 Å². The summed E-state index contributed by atoms with van der Waals surface area (Å²) in [6.45, 7) is 4.49. The van der Waals surface area contributed by atoms with E-state index in [1.165, 1.54) is 6.07 Å². The highest BCUT2D eigenvalue weighted by atomic mass is 19.1. The maximum atomic E-state index is 14.0. The molecule has 6 rings (SSSR count). The molecule has 1 unspecified atom stereocenters. The zero-order valence-corrected chi connectivity index (χ0v) is 21.4. The molecule has 4 aliphatic rings. The minimum Gasteiger partial charge on any atom is -0.438 e. The Labute approximate surface area is 212 Å². The molecule has 0 spiro atoms. The van der Waals surface area contributed by atoms with Gasteiger partial charge in [0.25, 0.3) is 0 Å². The number of aryl methyl sites for hydroxylation is 1. The summed E-state index contributed by atoms with van der Waals surface area (Å²) < 4.78 is 19.8. The van der Waals surface area contributed by atoms with E-state index in [9.17, 15) is 19.7 Å². The van der Waals surface area contributed by atoms with E-state index in [4.69, 9.17) is 10.2 Å². The van der Waals surface area contributed by atoms with Crippen LogP contribution in [0.3, 0.4) is 0 Å². The number of halogens is 1. The van der Waals surface area contributed by atoms with Crippen LogP contribution in [0.15, 0.2) is 22.6 Å². The molecule has 5 N–H and O–H groups in total. The van der Waals surface area contributed by atoms with Crippen molar-refractivity contribution in [2.24, 2.45) is 46.7 Å². The Bertz CT molecular complexity index is 1120. The van der Waals surface area contributed by atoms with Crippen molar-refractivity contribution in [3.8, 4) is 0 Å². The Morgan fingerprint density at radius 1 is 1.14 bits per heavy atom. The lowest BCUT2D eigenvalue weighted by molar-refractivity contribution is -0.186. The quantitative estimate of drug-likeness (QED) is 0.501. The lowest BCUT2D eigenvalue weighted by atomic mass is 9.45. The molecule has 36 heavy (non-hydrogen) atoms. The third-order valence-corrected chi connectivity index (χ3v) is 11.3. The van der Waals surface area contributed by atoms with Crippen LogP contribution in [0.5, 0.6) is 0 Å². The average Bonchev–Trinajstić information content (AvgIpc) is 3.42. The Morgan fingerprint density at radius 2 is 1.94 bits per heavy atom.